The maximum Gasteiger partial charge on any atom is 0.00281 e. The van der Waals surface area contributed by atoms with Gasteiger partial charge in [-0.15, -0.1) is 0 Å². The number of hydrogen-bond acceptors (Lipinski definition) is 0. The lowest BCUT2D eigenvalue weighted by Crippen LogP contribution is -1.90. The molecule has 0 amide bonds. The zero-order chi connectivity index (χ0) is 5.82. The lowest BCUT2D eigenvalue weighted by atomic mass is 10.1. The van der Waals surface area contributed by atoms with Gasteiger partial charge in [-0.25, -0.2) is 0 Å². The molecule has 0 aromatic rings. The van der Waals surface area contributed by atoms with E-state index in [4.69, 9.17) is 0 Å². The molecule has 0 N–H and O–H groups in total. The monoisotopic (exact) mass is 128 g/mol. The summed E-state index contributed by atoms with van der Waals surface area (Å²) in [7, 11) is 1.42. The average Bonchev–Trinajstić information content (AvgIpc) is 2.19. The summed E-state index contributed by atoms with van der Waals surface area (Å²) in [4.78, 5) is 0. The fourth-order valence-corrected chi connectivity index (χ4v) is 2.52. The molecule has 0 aromatic carbocycles. The third-order valence-electron chi connectivity index (χ3n) is 2.17. The molecule has 1 heteroatoms. The van der Waals surface area contributed by atoms with Crippen LogP contribution >= 0.6 is 0 Å². The molecule has 8 heavy (non-hydrogen) atoms. The van der Waals surface area contributed by atoms with Crippen LogP contribution in [-0.2, 0) is 0 Å². The lowest BCUT2D eigenvalue weighted by Gasteiger charge is -2.03. The Kier molecular flexibility index (Phi) is 2.60. The Morgan fingerprint density at radius 1 is 1.25 bits per heavy atom. The molecule has 0 heterocycles. The maximum absolute atomic E-state index is 1.55. The molecule has 1 fully saturated rings. The predicted molar refractivity (Wildman–Crippen MR) is 41.3 cm³/mol. The van der Waals surface area contributed by atoms with E-state index >= 15 is 0 Å². The van der Waals surface area contributed by atoms with Crippen LogP contribution in [0.5, 0.6) is 0 Å². The normalized spacial score (nSPS) is 22.5. The molecule has 0 aliphatic heterocycles. The molecular formula is C7H16Si. The van der Waals surface area contributed by atoms with Crippen LogP contribution in [0.2, 0.25) is 6.04 Å². The van der Waals surface area contributed by atoms with E-state index < -0.39 is 0 Å². The van der Waals surface area contributed by atoms with Crippen LogP contribution in [0.3, 0.4) is 0 Å². The minimum atomic E-state index is 1.15. The van der Waals surface area contributed by atoms with E-state index in [1.165, 1.54) is 29.1 Å². The van der Waals surface area contributed by atoms with Crippen LogP contribution in [-0.4, -0.2) is 10.2 Å². The van der Waals surface area contributed by atoms with Crippen molar-refractivity contribution in [2.45, 2.75) is 38.1 Å². The molecule has 0 atom stereocenters. The van der Waals surface area contributed by atoms with E-state index in [-0.39, 0.29) is 0 Å². The van der Waals surface area contributed by atoms with Gasteiger partial charge in [0, 0.05) is 10.2 Å². The molecule has 0 spiro atoms. The Labute approximate surface area is 55.1 Å². The van der Waals surface area contributed by atoms with Gasteiger partial charge < -0.3 is 0 Å². The molecule has 0 unspecified atom stereocenters. The van der Waals surface area contributed by atoms with Crippen LogP contribution in [0.15, 0.2) is 0 Å². The van der Waals surface area contributed by atoms with Gasteiger partial charge in [0.2, 0.25) is 0 Å². The average molecular weight is 128 g/mol. The molecule has 1 rings (SSSR count). The first-order valence-corrected chi connectivity index (χ1v) is 5.35. The van der Waals surface area contributed by atoms with Crippen molar-refractivity contribution in [1.82, 2.24) is 0 Å². The number of rotatable bonds is 2. The van der Waals surface area contributed by atoms with Crippen LogP contribution in [0.4, 0.5) is 0 Å². The summed E-state index contributed by atoms with van der Waals surface area (Å²) in [6.07, 6.45) is 7.68. The predicted octanol–water partition coefficient (Wildman–Crippen LogP) is 1.35. The third-order valence-corrected chi connectivity index (χ3v) is 2.75. The zero-order valence-electron chi connectivity index (χ0n) is 5.82. The molecule has 0 saturated heterocycles. The highest BCUT2D eigenvalue weighted by atomic mass is 28.1. The fraction of sp³-hybridized carbons (Fsp3) is 1.00. The summed E-state index contributed by atoms with van der Waals surface area (Å²) in [5.41, 5.74) is 0. The third kappa shape index (κ3) is 1.62. The molecular weight excluding hydrogens is 112 g/mol. The minimum absolute atomic E-state index is 1.15. The van der Waals surface area contributed by atoms with Gasteiger partial charge in [-0.1, -0.05) is 38.1 Å². The summed E-state index contributed by atoms with van der Waals surface area (Å²) in [5, 5.41) is 0. The van der Waals surface area contributed by atoms with Crippen LogP contribution in [0.25, 0.3) is 0 Å². The van der Waals surface area contributed by atoms with Crippen LogP contribution < -0.4 is 0 Å². The van der Waals surface area contributed by atoms with E-state index in [0.717, 1.165) is 5.92 Å². The zero-order valence-corrected chi connectivity index (χ0v) is 7.82. The van der Waals surface area contributed by atoms with Crippen molar-refractivity contribution in [2.24, 2.45) is 5.92 Å². The van der Waals surface area contributed by atoms with Gasteiger partial charge in [-0.2, -0.15) is 0 Å². The van der Waals surface area contributed by atoms with E-state index in [2.05, 4.69) is 0 Å². The Hall–Kier alpha value is 0.217. The highest BCUT2D eigenvalue weighted by molar-refractivity contribution is 6.08. The van der Waals surface area contributed by atoms with Gasteiger partial charge in [0.25, 0.3) is 0 Å². The van der Waals surface area contributed by atoms with Crippen molar-refractivity contribution in [1.29, 1.82) is 0 Å². The van der Waals surface area contributed by atoms with Crippen molar-refractivity contribution >= 4 is 10.2 Å². The van der Waals surface area contributed by atoms with Crippen molar-refractivity contribution in [3.63, 3.8) is 0 Å². The topological polar surface area (TPSA) is 0 Å². The molecule has 48 valence electrons. The van der Waals surface area contributed by atoms with Crippen LogP contribution in [0.1, 0.15) is 32.1 Å². The lowest BCUT2D eigenvalue weighted by molar-refractivity contribution is 0.530. The van der Waals surface area contributed by atoms with Gasteiger partial charge in [0.1, 0.15) is 0 Å². The summed E-state index contributed by atoms with van der Waals surface area (Å²) in [6.45, 7) is 0. The van der Waals surface area contributed by atoms with E-state index in [9.17, 15) is 0 Å². The second kappa shape index (κ2) is 3.28. The smallest absolute Gasteiger partial charge is 0.00281 e. The molecule has 0 bridgehead atoms. The highest BCUT2D eigenvalue weighted by Crippen LogP contribution is 2.27. The molecule has 0 aromatic heterocycles. The summed E-state index contributed by atoms with van der Waals surface area (Å²) in [5.74, 6) is 1.15. The van der Waals surface area contributed by atoms with Crippen molar-refractivity contribution in [3.8, 4) is 0 Å². The summed E-state index contributed by atoms with van der Waals surface area (Å²) < 4.78 is 0. The first-order chi connectivity index (χ1) is 3.93. The first-order valence-electron chi connectivity index (χ1n) is 3.93. The van der Waals surface area contributed by atoms with E-state index in [0.29, 0.717) is 0 Å². The fourth-order valence-electron chi connectivity index (χ4n) is 1.71. The van der Waals surface area contributed by atoms with E-state index in [1.807, 2.05) is 0 Å². The first kappa shape index (κ1) is 6.34. The van der Waals surface area contributed by atoms with Gasteiger partial charge in [0.15, 0.2) is 0 Å². The molecule has 1 saturated carbocycles. The molecule has 0 radical (unpaired) electrons. The Balaban J connectivity index is 2.06. The number of hydrogen-bond donors (Lipinski definition) is 0. The second-order valence-corrected chi connectivity index (χ2v) is 3.94. The second-order valence-electron chi connectivity index (χ2n) is 2.94. The Morgan fingerprint density at radius 3 is 2.38 bits per heavy atom. The summed E-state index contributed by atoms with van der Waals surface area (Å²) in [6, 6.07) is 1.53. The van der Waals surface area contributed by atoms with Crippen LogP contribution in [0, 0.1) is 5.92 Å². The van der Waals surface area contributed by atoms with Gasteiger partial charge >= 0.3 is 0 Å². The SMILES string of the molecule is [SiH3]CCC1CCCC1. The van der Waals surface area contributed by atoms with Gasteiger partial charge in [0.05, 0.1) is 0 Å². The summed E-state index contributed by atoms with van der Waals surface area (Å²) >= 11 is 0. The highest BCUT2D eigenvalue weighted by Gasteiger charge is 2.12. The largest absolute Gasteiger partial charge is 0.0656 e. The maximum atomic E-state index is 1.55. The molecule has 1 aliphatic rings. The minimum Gasteiger partial charge on any atom is -0.0656 e. The van der Waals surface area contributed by atoms with Crippen molar-refractivity contribution < 1.29 is 0 Å². The van der Waals surface area contributed by atoms with Crippen molar-refractivity contribution in [3.05, 3.63) is 0 Å². The molecule has 0 nitrogen and oxygen atoms in total. The Bertz CT molecular complexity index is 55.4. The quantitative estimate of drug-likeness (QED) is 0.492. The standard InChI is InChI=1S/C7H16Si/c8-6-5-7-3-1-2-4-7/h7H,1-6H2,8H3. The van der Waals surface area contributed by atoms with Gasteiger partial charge in [-0.3, -0.25) is 0 Å². The van der Waals surface area contributed by atoms with Gasteiger partial charge in [-0.05, 0) is 5.92 Å². The van der Waals surface area contributed by atoms with Crippen molar-refractivity contribution in [2.75, 3.05) is 0 Å². The Morgan fingerprint density at radius 2 is 1.88 bits per heavy atom. The molecule has 1 aliphatic carbocycles. The van der Waals surface area contributed by atoms with E-state index in [1.54, 1.807) is 19.3 Å².